The highest BCUT2D eigenvalue weighted by Crippen LogP contribution is 2.80. The van der Waals surface area contributed by atoms with Gasteiger partial charge in [-0.3, -0.25) is 4.90 Å². The van der Waals surface area contributed by atoms with E-state index in [0.717, 1.165) is 32.4 Å². The third kappa shape index (κ3) is 2.27. The van der Waals surface area contributed by atoms with Crippen molar-refractivity contribution in [3.05, 3.63) is 0 Å². The molecule has 1 aliphatic heterocycles. The Kier molecular flexibility index (Phi) is 5.38. The highest BCUT2D eigenvalue weighted by atomic mass is 16.5. The van der Waals surface area contributed by atoms with Crippen LogP contribution in [0.3, 0.4) is 0 Å². The summed E-state index contributed by atoms with van der Waals surface area (Å²) < 4.78 is 30.7. The Morgan fingerprint density at radius 1 is 1.00 bits per heavy atom. The lowest BCUT2D eigenvalue weighted by Crippen LogP contribution is -2.82. The highest BCUT2D eigenvalue weighted by molar-refractivity contribution is 5.41. The van der Waals surface area contributed by atoms with Gasteiger partial charge in [-0.1, -0.05) is 6.92 Å². The Morgan fingerprint density at radius 3 is 2.35 bits per heavy atom. The van der Waals surface area contributed by atoms with E-state index < -0.39 is 17.3 Å². The van der Waals surface area contributed by atoms with Crippen molar-refractivity contribution >= 4 is 0 Å². The molecule has 0 aromatic rings. The number of hydrogen-bond donors (Lipinski definition) is 2. The number of hydrogen-bond acceptors (Lipinski definition) is 8. The summed E-state index contributed by atoms with van der Waals surface area (Å²) in [5, 5.41) is 25.9. The summed E-state index contributed by atoms with van der Waals surface area (Å²) in [6.07, 6.45) is 2.30. The van der Waals surface area contributed by atoms with Gasteiger partial charge in [-0.05, 0) is 31.7 Å². The monoisotopic (exact) mass is 481 g/mol. The quantitative estimate of drug-likeness (QED) is 0.555. The van der Waals surface area contributed by atoms with Gasteiger partial charge in [-0.15, -0.1) is 0 Å². The van der Waals surface area contributed by atoms with Gasteiger partial charge in [0.2, 0.25) is 0 Å². The number of rotatable bonds is 7. The number of fused-ring (bicyclic) bond motifs is 2. The summed E-state index contributed by atoms with van der Waals surface area (Å²) in [4.78, 5) is 2.43. The maximum absolute atomic E-state index is 13.1. The molecule has 7 bridgehead atoms. The molecule has 0 unspecified atom stereocenters. The van der Waals surface area contributed by atoms with E-state index in [1.165, 1.54) is 0 Å². The molecular weight excluding hydrogens is 438 g/mol. The first-order valence-electron chi connectivity index (χ1n) is 13.1. The van der Waals surface area contributed by atoms with Gasteiger partial charge in [-0.2, -0.15) is 0 Å². The van der Waals surface area contributed by atoms with Crippen molar-refractivity contribution in [1.82, 2.24) is 4.90 Å². The maximum atomic E-state index is 13.1. The fraction of sp³-hybridized carbons (Fsp3) is 1.00. The van der Waals surface area contributed by atoms with Crippen LogP contribution in [0.2, 0.25) is 0 Å². The second-order valence-corrected chi connectivity index (χ2v) is 12.1. The number of likely N-dealkylation sites (tertiary alicyclic amines) is 1. The van der Waals surface area contributed by atoms with E-state index >= 15 is 0 Å². The van der Waals surface area contributed by atoms with E-state index in [1.807, 2.05) is 7.11 Å². The molecule has 13 atom stereocenters. The van der Waals surface area contributed by atoms with Gasteiger partial charge in [0, 0.05) is 77.1 Å². The molecule has 5 aliphatic carbocycles. The molecule has 0 amide bonds. The molecule has 6 rings (SSSR count). The zero-order valence-corrected chi connectivity index (χ0v) is 21.5. The number of nitrogens with zero attached hydrogens (tertiary/aromatic N) is 1. The van der Waals surface area contributed by atoms with E-state index in [4.69, 9.17) is 23.7 Å². The van der Waals surface area contributed by atoms with Gasteiger partial charge < -0.3 is 33.9 Å². The molecule has 8 heteroatoms. The molecule has 0 radical (unpaired) electrons. The van der Waals surface area contributed by atoms with Gasteiger partial charge in [0.15, 0.2) is 0 Å². The average molecular weight is 482 g/mol. The lowest BCUT2D eigenvalue weighted by molar-refractivity contribution is -0.320. The van der Waals surface area contributed by atoms with Crippen molar-refractivity contribution in [2.24, 2.45) is 34.5 Å². The van der Waals surface area contributed by atoms with Crippen LogP contribution in [-0.2, 0) is 23.7 Å². The molecule has 8 nitrogen and oxygen atoms in total. The largest absolute Gasteiger partial charge is 0.386 e. The highest BCUT2D eigenvalue weighted by Gasteiger charge is 2.91. The molecule has 6 aliphatic rings. The molecule has 0 aromatic heterocycles. The van der Waals surface area contributed by atoms with Crippen LogP contribution in [0.4, 0.5) is 0 Å². The summed E-state index contributed by atoms with van der Waals surface area (Å²) in [6.45, 7) is 4.41. The molecule has 1 heterocycles. The average Bonchev–Trinajstić information content (AvgIpc) is 3.25. The van der Waals surface area contributed by atoms with Gasteiger partial charge in [0.1, 0.15) is 11.2 Å². The smallest absolute Gasteiger partial charge is 0.136 e. The van der Waals surface area contributed by atoms with Crippen LogP contribution < -0.4 is 0 Å². The molecular formula is C26H43NO7. The van der Waals surface area contributed by atoms with Crippen LogP contribution in [0.25, 0.3) is 0 Å². The van der Waals surface area contributed by atoms with E-state index in [-0.39, 0.29) is 58.9 Å². The Morgan fingerprint density at radius 2 is 1.76 bits per heavy atom. The van der Waals surface area contributed by atoms with Crippen LogP contribution in [0.15, 0.2) is 0 Å². The van der Waals surface area contributed by atoms with Crippen molar-refractivity contribution in [3.8, 4) is 0 Å². The van der Waals surface area contributed by atoms with E-state index in [0.29, 0.717) is 13.0 Å². The topological polar surface area (TPSA) is 89.9 Å². The zero-order valence-electron chi connectivity index (χ0n) is 21.5. The van der Waals surface area contributed by atoms with Crippen molar-refractivity contribution in [2.45, 2.75) is 74.3 Å². The fourth-order valence-electron chi connectivity index (χ4n) is 11.3. The molecule has 2 N–H and O–H groups in total. The summed E-state index contributed by atoms with van der Waals surface area (Å²) in [5.41, 5.74) is -3.38. The minimum atomic E-state index is -1.47. The molecule has 6 fully saturated rings. The second-order valence-electron chi connectivity index (χ2n) is 12.1. The van der Waals surface area contributed by atoms with Crippen LogP contribution in [0.1, 0.15) is 32.6 Å². The lowest BCUT2D eigenvalue weighted by atomic mass is 9.42. The summed E-state index contributed by atoms with van der Waals surface area (Å²) in [6, 6.07) is -0.256. The third-order valence-corrected chi connectivity index (χ3v) is 11.7. The second kappa shape index (κ2) is 7.60. The van der Waals surface area contributed by atoms with Gasteiger partial charge in [-0.25, -0.2) is 0 Å². The first-order valence-corrected chi connectivity index (χ1v) is 13.1. The molecule has 194 valence electrons. The van der Waals surface area contributed by atoms with Crippen LogP contribution in [-0.4, -0.2) is 112 Å². The number of piperidine rings is 1. The Bertz CT molecular complexity index is 829. The summed E-state index contributed by atoms with van der Waals surface area (Å²) in [5.74, 6) is 0.165. The maximum Gasteiger partial charge on any atom is 0.136 e. The molecule has 1 saturated heterocycles. The number of aliphatic hydroxyl groups is 2. The van der Waals surface area contributed by atoms with Crippen molar-refractivity contribution < 1.29 is 33.9 Å². The van der Waals surface area contributed by atoms with Gasteiger partial charge in [0.05, 0.1) is 37.1 Å². The number of ether oxygens (including phenoxy) is 5. The van der Waals surface area contributed by atoms with E-state index in [2.05, 4.69) is 11.8 Å². The van der Waals surface area contributed by atoms with Crippen molar-refractivity contribution in [3.63, 3.8) is 0 Å². The predicted octanol–water partition coefficient (Wildman–Crippen LogP) is 0.925. The first kappa shape index (κ1) is 24.0. The fourth-order valence-corrected chi connectivity index (χ4v) is 11.3. The standard InChI is InChI=1S/C26H43NO7/c1-7-27-12-23(13-30-2)9-8-17(32-4)25-15-10-14-16(31-3)11-24(28,18(15)19(14)33-5)26(29,22(25)27)21(34-6)20(23)25/h14-22,28-29H,7-13H2,1-6H3/t14-,15-,16+,17-,18-,19+,20-,21+,22+,23+,24-,25+,26-/m1/s1. The minimum Gasteiger partial charge on any atom is -0.386 e. The van der Waals surface area contributed by atoms with Crippen LogP contribution >= 0.6 is 0 Å². The SMILES string of the molecule is CCN1C[C@]2(COC)CC[C@@H](OC)[C@@]34[C@@H]5C[C@H]6[C@H](OC)[C@@H]5[C@](O)(C[C@@H]6OC)[C@@](O)([C@@H](OC)[C@H]23)[C@@H]14. The normalized spacial score (nSPS) is 59.5. The van der Waals surface area contributed by atoms with Crippen molar-refractivity contribution in [2.75, 3.05) is 55.2 Å². The summed E-state index contributed by atoms with van der Waals surface area (Å²) >= 11 is 0. The molecule has 0 aromatic carbocycles. The predicted molar refractivity (Wildman–Crippen MR) is 123 cm³/mol. The van der Waals surface area contributed by atoms with Crippen LogP contribution in [0.5, 0.6) is 0 Å². The third-order valence-electron chi connectivity index (χ3n) is 11.7. The molecule has 1 spiro atoms. The minimum absolute atomic E-state index is 0.0262. The zero-order chi connectivity index (χ0) is 24.3. The van der Waals surface area contributed by atoms with E-state index in [9.17, 15) is 10.2 Å². The number of likely N-dealkylation sites (N-methyl/N-ethyl adjacent to an activating group) is 1. The Balaban J connectivity index is 1.67. The van der Waals surface area contributed by atoms with Gasteiger partial charge >= 0.3 is 0 Å². The Hall–Kier alpha value is -0.320. The summed E-state index contributed by atoms with van der Waals surface area (Å²) in [7, 11) is 8.77. The van der Waals surface area contributed by atoms with Gasteiger partial charge in [0.25, 0.3) is 0 Å². The number of methoxy groups -OCH3 is 5. The molecule has 34 heavy (non-hydrogen) atoms. The first-order chi connectivity index (χ1) is 16.3. The molecule has 5 saturated carbocycles. The Labute approximate surface area is 203 Å². The van der Waals surface area contributed by atoms with Crippen molar-refractivity contribution in [1.29, 1.82) is 0 Å². The lowest BCUT2D eigenvalue weighted by Gasteiger charge is -2.70. The van der Waals surface area contributed by atoms with Crippen LogP contribution in [0, 0.1) is 34.5 Å². The van der Waals surface area contributed by atoms with E-state index in [1.54, 1.807) is 28.4 Å².